The number of para-hydroxylation sites is 1. The molecule has 0 fully saturated rings. The summed E-state index contributed by atoms with van der Waals surface area (Å²) in [6, 6.07) is 39.7. The van der Waals surface area contributed by atoms with E-state index in [1.165, 1.54) is 0 Å². The average Bonchev–Trinajstić information content (AvgIpc) is 3.49. The Morgan fingerprint density at radius 2 is 1.35 bits per heavy atom. The molecule has 1 unspecified atom stereocenters. The molecule has 40 heavy (non-hydrogen) atoms. The number of fused-ring (bicyclic) bond motifs is 6. The van der Waals surface area contributed by atoms with Crippen LogP contribution in [0.3, 0.4) is 0 Å². The Labute approximate surface area is 230 Å². The van der Waals surface area contributed by atoms with Gasteiger partial charge in [-0.15, -0.1) is 0 Å². The van der Waals surface area contributed by atoms with E-state index >= 15 is 0 Å². The van der Waals surface area contributed by atoms with Crippen molar-refractivity contribution in [2.45, 2.75) is 0 Å². The minimum absolute atomic E-state index is 0.618. The molecule has 0 saturated carbocycles. The van der Waals surface area contributed by atoms with Gasteiger partial charge in [0.2, 0.25) is 0 Å². The van der Waals surface area contributed by atoms with Crippen molar-refractivity contribution in [3.63, 3.8) is 0 Å². The van der Waals surface area contributed by atoms with Gasteiger partial charge >= 0.3 is 0 Å². The third kappa shape index (κ3) is 3.32. The van der Waals surface area contributed by atoms with Crippen LogP contribution in [0, 0.1) is 0 Å². The number of rotatable bonds is 4. The van der Waals surface area contributed by atoms with Crippen molar-refractivity contribution in [3.8, 4) is 28.3 Å². The minimum atomic E-state index is -3.14. The Kier molecular flexibility index (Phi) is 5.03. The van der Waals surface area contributed by atoms with Crippen molar-refractivity contribution in [1.29, 1.82) is 0 Å². The zero-order valence-electron chi connectivity index (χ0n) is 21.3. The smallest absolute Gasteiger partial charge is 0.189 e. The summed E-state index contributed by atoms with van der Waals surface area (Å²) in [7, 11) is -3.14. The molecule has 1 atom stereocenters. The highest BCUT2D eigenvalue weighted by Gasteiger charge is 2.41. The topological polar surface area (TPSA) is 57.0 Å². The quantitative estimate of drug-likeness (QED) is 0.228. The summed E-state index contributed by atoms with van der Waals surface area (Å²) in [5, 5.41) is 3.78. The number of hydrogen-bond acceptors (Lipinski definition) is 4. The summed E-state index contributed by atoms with van der Waals surface area (Å²) in [6.45, 7) is 0. The van der Waals surface area contributed by atoms with Crippen molar-refractivity contribution in [3.05, 3.63) is 134 Å². The Morgan fingerprint density at radius 3 is 2.30 bits per heavy atom. The third-order valence-corrected chi connectivity index (χ3v) is 10.6. The van der Waals surface area contributed by atoms with Gasteiger partial charge in [0, 0.05) is 45.4 Å². The maximum absolute atomic E-state index is 14.8. The average molecular weight is 536 g/mol. The summed E-state index contributed by atoms with van der Waals surface area (Å²) in [6.07, 6.45) is 3.53. The third-order valence-electron chi connectivity index (χ3n) is 7.54. The number of benzene rings is 4. The molecular weight excluding hydrogens is 513 g/mol. The van der Waals surface area contributed by atoms with Crippen LogP contribution in [0.25, 0.3) is 38.8 Å². The summed E-state index contributed by atoms with van der Waals surface area (Å²) in [4.78, 5) is 9.29. The summed E-state index contributed by atoms with van der Waals surface area (Å²) in [5.41, 5.74) is 5.47. The Hall–Kier alpha value is -4.99. The molecule has 0 spiro atoms. The Bertz CT molecular complexity index is 2050. The summed E-state index contributed by atoms with van der Waals surface area (Å²) >= 11 is 0. The predicted octanol–water partition coefficient (Wildman–Crippen LogP) is 6.99. The second-order valence-corrected chi connectivity index (χ2v) is 12.5. The van der Waals surface area contributed by atoms with E-state index in [1.807, 2.05) is 103 Å². The monoisotopic (exact) mass is 535 g/mol. The summed E-state index contributed by atoms with van der Waals surface area (Å²) < 4.78 is 23.3. The van der Waals surface area contributed by atoms with Gasteiger partial charge in [0.1, 0.15) is 22.6 Å². The van der Waals surface area contributed by atoms with Crippen LogP contribution in [0.15, 0.2) is 134 Å². The first kappa shape index (κ1) is 22.9. The number of ether oxygens (including phenoxy) is 1. The molecule has 1 aliphatic heterocycles. The maximum Gasteiger partial charge on any atom is 0.189 e. The zero-order chi connectivity index (χ0) is 26.7. The first-order chi connectivity index (χ1) is 19.7. The van der Waals surface area contributed by atoms with Gasteiger partial charge in [-0.3, -0.25) is 9.55 Å². The normalized spacial score (nSPS) is 15.7. The van der Waals surface area contributed by atoms with Gasteiger partial charge in [-0.25, -0.2) is 4.98 Å². The molecule has 4 heterocycles. The van der Waals surface area contributed by atoms with Gasteiger partial charge in [0.05, 0.1) is 11.2 Å². The van der Waals surface area contributed by atoms with Crippen molar-refractivity contribution in [2.75, 3.05) is 0 Å². The molecule has 4 aromatic carbocycles. The van der Waals surface area contributed by atoms with E-state index in [0.29, 0.717) is 22.2 Å². The Balaban J connectivity index is 1.21. The molecule has 190 valence electrons. The van der Waals surface area contributed by atoms with Crippen LogP contribution >= 0.6 is 7.14 Å². The first-order valence-corrected chi connectivity index (χ1v) is 14.8. The molecular formula is C34H22N3O2P. The zero-order valence-corrected chi connectivity index (χ0v) is 22.2. The fourth-order valence-electron chi connectivity index (χ4n) is 5.83. The van der Waals surface area contributed by atoms with Crippen LogP contribution in [-0.2, 0) is 4.57 Å². The molecule has 7 aromatic rings. The lowest BCUT2D eigenvalue weighted by molar-refractivity contribution is 0.483. The van der Waals surface area contributed by atoms with E-state index in [4.69, 9.17) is 9.72 Å². The SMILES string of the molecule is O=P1(c2cccc(Oc3cccc(-n4c5ccccc5c5cccnc54)c3)c2)c2ccccc2-c2cccnc21. The maximum atomic E-state index is 14.8. The van der Waals surface area contributed by atoms with Crippen molar-refractivity contribution in [1.82, 2.24) is 14.5 Å². The van der Waals surface area contributed by atoms with E-state index < -0.39 is 7.14 Å². The minimum Gasteiger partial charge on any atom is -0.457 e. The van der Waals surface area contributed by atoms with Crippen LogP contribution < -0.4 is 20.8 Å². The van der Waals surface area contributed by atoms with E-state index in [1.54, 1.807) is 6.20 Å². The highest BCUT2D eigenvalue weighted by Crippen LogP contribution is 2.51. The predicted molar refractivity (Wildman–Crippen MR) is 161 cm³/mol. The number of aromatic nitrogens is 3. The van der Waals surface area contributed by atoms with E-state index in [2.05, 4.69) is 33.8 Å². The van der Waals surface area contributed by atoms with E-state index in [0.717, 1.165) is 44.1 Å². The van der Waals surface area contributed by atoms with Crippen molar-refractivity contribution < 1.29 is 9.30 Å². The van der Waals surface area contributed by atoms with E-state index in [9.17, 15) is 4.57 Å². The van der Waals surface area contributed by atoms with Gasteiger partial charge in [0.15, 0.2) is 7.14 Å². The van der Waals surface area contributed by atoms with Crippen LogP contribution in [0.5, 0.6) is 11.5 Å². The second-order valence-electron chi connectivity index (χ2n) is 9.82. The van der Waals surface area contributed by atoms with Crippen molar-refractivity contribution >= 4 is 45.1 Å². The standard InChI is InChI=1S/C34H22N3O2P/c38-40(32-18-4-2-14-28(32)30-16-8-20-36-34(30)40)26-12-6-11-25(22-26)39-24-10-5-9-23(21-24)37-31-17-3-1-13-27(31)29-15-7-19-35-33(29)37/h1-22H. The highest BCUT2D eigenvalue weighted by molar-refractivity contribution is 7.86. The number of pyridine rings is 2. The van der Waals surface area contributed by atoms with Gasteiger partial charge in [-0.2, -0.15) is 0 Å². The lowest BCUT2D eigenvalue weighted by Crippen LogP contribution is -2.22. The molecule has 5 nitrogen and oxygen atoms in total. The molecule has 0 radical (unpaired) electrons. The van der Waals surface area contributed by atoms with E-state index in [-0.39, 0.29) is 0 Å². The molecule has 8 rings (SSSR count). The Morgan fingerprint density at radius 1 is 0.625 bits per heavy atom. The van der Waals surface area contributed by atoms with Crippen LogP contribution in [0.1, 0.15) is 0 Å². The highest BCUT2D eigenvalue weighted by atomic mass is 31.2. The molecule has 3 aromatic heterocycles. The lowest BCUT2D eigenvalue weighted by Gasteiger charge is -2.16. The number of nitrogens with zero attached hydrogens (tertiary/aromatic N) is 3. The molecule has 0 aliphatic carbocycles. The van der Waals surface area contributed by atoms with Crippen LogP contribution in [0.2, 0.25) is 0 Å². The fourth-order valence-corrected chi connectivity index (χ4v) is 8.78. The summed E-state index contributed by atoms with van der Waals surface area (Å²) in [5.74, 6) is 1.30. The van der Waals surface area contributed by atoms with Gasteiger partial charge in [-0.05, 0) is 54.1 Å². The van der Waals surface area contributed by atoms with Crippen molar-refractivity contribution in [2.24, 2.45) is 0 Å². The molecule has 0 saturated heterocycles. The van der Waals surface area contributed by atoms with Crippen LogP contribution in [0.4, 0.5) is 0 Å². The number of hydrogen-bond donors (Lipinski definition) is 0. The van der Waals surface area contributed by atoms with Gasteiger partial charge in [-0.1, -0.05) is 66.7 Å². The molecule has 6 heteroatoms. The van der Waals surface area contributed by atoms with Gasteiger partial charge in [0.25, 0.3) is 0 Å². The molecule has 1 aliphatic rings. The second kappa shape index (κ2) is 8.77. The first-order valence-electron chi connectivity index (χ1n) is 13.1. The van der Waals surface area contributed by atoms with Gasteiger partial charge < -0.3 is 9.30 Å². The largest absolute Gasteiger partial charge is 0.457 e. The molecule has 0 bridgehead atoms. The molecule has 0 N–H and O–H groups in total. The van der Waals surface area contributed by atoms with Crippen LogP contribution in [-0.4, -0.2) is 14.5 Å². The fraction of sp³-hybridized carbons (Fsp3) is 0. The molecule has 0 amide bonds. The lowest BCUT2D eigenvalue weighted by atomic mass is 10.1.